The molecule has 2 N–H and O–H groups in total. The van der Waals surface area contributed by atoms with Crippen LogP contribution >= 0.6 is 0 Å². The van der Waals surface area contributed by atoms with Crippen molar-refractivity contribution in [2.45, 2.75) is 25.9 Å². The van der Waals surface area contributed by atoms with Crippen molar-refractivity contribution < 1.29 is 9.90 Å². The molecule has 20 heavy (non-hydrogen) atoms. The van der Waals surface area contributed by atoms with Gasteiger partial charge in [0.25, 0.3) is 0 Å². The molecule has 0 saturated carbocycles. The highest BCUT2D eigenvalue weighted by molar-refractivity contribution is 5.76. The van der Waals surface area contributed by atoms with Gasteiger partial charge in [-0.15, -0.1) is 5.10 Å². The standard InChI is InChI=1S/C14H18N4O2/c1-11-2-4-12(5-3-11)13(6-9-19)16-14(20)10-18-8-7-15-17-18/h2-5,7-8,13,19H,6,9-10H2,1H3,(H,16,20)/t13-/m1/s1. The van der Waals surface area contributed by atoms with Gasteiger partial charge < -0.3 is 10.4 Å². The third-order valence-corrected chi connectivity index (χ3v) is 3.01. The van der Waals surface area contributed by atoms with Gasteiger partial charge in [-0.3, -0.25) is 4.79 Å². The molecule has 0 radical (unpaired) electrons. The molecule has 0 fully saturated rings. The maximum atomic E-state index is 12.0. The number of aliphatic hydroxyl groups excluding tert-OH is 1. The normalized spacial score (nSPS) is 12.1. The number of aromatic nitrogens is 3. The number of aliphatic hydroxyl groups is 1. The lowest BCUT2D eigenvalue weighted by molar-refractivity contribution is -0.122. The van der Waals surface area contributed by atoms with Crippen LogP contribution in [0.2, 0.25) is 0 Å². The number of nitrogens with zero attached hydrogens (tertiary/aromatic N) is 3. The van der Waals surface area contributed by atoms with Crippen LogP contribution in [0.1, 0.15) is 23.6 Å². The van der Waals surface area contributed by atoms with E-state index in [0.29, 0.717) is 6.42 Å². The number of nitrogens with one attached hydrogen (secondary N) is 1. The molecule has 0 aliphatic rings. The Bertz CT molecular complexity index is 537. The molecule has 1 aromatic carbocycles. The lowest BCUT2D eigenvalue weighted by atomic mass is 10.0. The van der Waals surface area contributed by atoms with Gasteiger partial charge in [-0.1, -0.05) is 35.0 Å². The molecule has 6 nitrogen and oxygen atoms in total. The highest BCUT2D eigenvalue weighted by Gasteiger charge is 2.14. The molecular formula is C14H18N4O2. The van der Waals surface area contributed by atoms with Crippen LogP contribution < -0.4 is 5.32 Å². The van der Waals surface area contributed by atoms with Crippen molar-refractivity contribution in [1.82, 2.24) is 20.3 Å². The van der Waals surface area contributed by atoms with Gasteiger partial charge in [0.15, 0.2) is 0 Å². The highest BCUT2D eigenvalue weighted by atomic mass is 16.3. The van der Waals surface area contributed by atoms with Crippen molar-refractivity contribution in [1.29, 1.82) is 0 Å². The monoisotopic (exact) mass is 274 g/mol. The summed E-state index contributed by atoms with van der Waals surface area (Å²) in [5, 5.41) is 19.4. The Kier molecular flexibility index (Phi) is 4.84. The minimum Gasteiger partial charge on any atom is -0.396 e. The van der Waals surface area contributed by atoms with Crippen molar-refractivity contribution in [3.8, 4) is 0 Å². The fraction of sp³-hybridized carbons (Fsp3) is 0.357. The van der Waals surface area contributed by atoms with E-state index in [9.17, 15) is 4.79 Å². The van der Waals surface area contributed by atoms with Crippen LogP contribution in [0.25, 0.3) is 0 Å². The van der Waals surface area contributed by atoms with Crippen molar-refractivity contribution in [2.75, 3.05) is 6.61 Å². The summed E-state index contributed by atoms with van der Waals surface area (Å²) >= 11 is 0. The Morgan fingerprint density at radius 1 is 1.40 bits per heavy atom. The largest absolute Gasteiger partial charge is 0.396 e. The van der Waals surface area contributed by atoms with Gasteiger partial charge in [0.2, 0.25) is 5.91 Å². The first-order valence-corrected chi connectivity index (χ1v) is 6.50. The van der Waals surface area contributed by atoms with E-state index in [-0.39, 0.29) is 25.1 Å². The van der Waals surface area contributed by atoms with Crippen molar-refractivity contribution in [3.05, 3.63) is 47.8 Å². The molecular weight excluding hydrogens is 256 g/mol. The van der Waals surface area contributed by atoms with Crippen LogP contribution in [0.4, 0.5) is 0 Å². The maximum absolute atomic E-state index is 12.0. The van der Waals surface area contributed by atoms with E-state index < -0.39 is 0 Å². The molecule has 0 spiro atoms. The average Bonchev–Trinajstić information content (AvgIpc) is 2.92. The van der Waals surface area contributed by atoms with Gasteiger partial charge in [0.05, 0.1) is 12.2 Å². The third kappa shape index (κ3) is 3.89. The molecule has 0 saturated heterocycles. The van der Waals surface area contributed by atoms with Gasteiger partial charge in [0.1, 0.15) is 6.54 Å². The molecule has 1 atom stereocenters. The van der Waals surface area contributed by atoms with E-state index in [0.717, 1.165) is 11.1 Å². The lowest BCUT2D eigenvalue weighted by Gasteiger charge is -2.18. The number of carbonyl (C=O) groups is 1. The molecule has 6 heteroatoms. The first kappa shape index (κ1) is 14.2. The number of aryl methyl sites for hydroxylation is 1. The second-order valence-electron chi connectivity index (χ2n) is 4.64. The summed E-state index contributed by atoms with van der Waals surface area (Å²) < 4.78 is 1.46. The molecule has 1 heterocycles. The predicted molar refractivity (Wildman–Crippen MR) is 73.8 cm³/mol. The third-order valence-electron chi connectivity index (χ3n) is 3.01. The summed E-state index contributed by atoms with van der Waals surface area (Å²) in [5.74, 6) is -0.158. The summed E-state index contributed by atoms with van der Waals surface area (Å²) in [6.45, 7) is 2.14. The Labute approximate surface area is 117 Å². The van der Waals surface area contributed by atoms with Crippen LogP contribution in [-0.2, 0) is 11.3 Å². The van der Waals surface area contributed by atoms with Crippen molar-refractivity contribution >= 4 is 5.91 Å². The SMILES string of the molecule is Cc1ccc([C@@H](CCO)NC(=O)Cn2ccnn2)cc1. The summed E-state index contributed by atoms with van der Waals surface area (Å²) in [6, 6.07) is 7.71. The van der Waals surface area contributed by atoms with Gasteiger partial charge in [-0.2, -0.15) is 0 Å². The van der Waals surface area contributed by atoms with E-state index in [2.05, 4.69) is 15.6 Å². The van der Waals surface area contributed by atoms with Crippen LogP contribution in [0.5, 0.6) is 0 Å². The number of benzene rings is 1. The first-order chi connectivity index (χ1) is 9.69. The minimum absolute atomic E-state index is 0.0160. The van der Waals surface area contributed by atoms with E-state index in [1.54, 1.807) is 6.20 Å². The fourth-order valence-corrected chi connectivity index (χ4v) is 1.95. The number of rotatable bonds is 6. The highest BCUT2D eigenvalue weighted by Crippen LogP contribution is 2.17. The van der Waals surface area contributed by atoms with Crippen LogP contribution in [-0.4, -0.2) is 32.6 Å². The summed E-state index contributed by atoms with van der Waals surface area (Å²) in [6.07, 6.45) is 3.64. The van der Waals surface area contributed by atoms with Crippen LogP contribution in [0, 0.1) is 6.92 Å². The van der Waals surface area contributed by atoms with E-state index in [4.69, 9.17) is 5.11 Å². The van der Waals surface area contributed by atoms with E-state index >= 15 is 0 Å². The second kappa shape index (κ2) is 6.81. The molecule has 106 valence electrons. The smallest absolute Gasteiger partial charge is 0.242 e. The summed E-state index contributed by atoms with van der Waals surface area (Å²) in [5.41, 5.74) is 2.14. The number of carbonyl (C=O) groups excluding carboxylic acids is 1. The number of hydrogen-bond donors (Lipinski definition) is 2. The average molecular weight is 274 g/mol. The second-order valence-corrected chi connectivity index (χ2v) is 4.64. The van der Waals surface area contributed by atoms with E-state index in [1.165, 1.54) is 10.9 Å². The molecule has 2 rings (SSSR count). The maximum Gasteiger partial charge on any atom is 0.242 e. The van der Waals surface area contributed by atoms with E-state index in [1.807, 2.05) is 31.2 Å². The van der Waals surface area contributed by atoms with Gasteiger partial charge in [-0.05, 0) is 18.9 Å². The Morgan fingerprint density at radius 2 is 2.15 bits per heavy atom. The Balaban J connectivity index is 2.01. The lowest BCUT2D eigenvalue weighted by Crippen LogP contribution is -2.32. The van der Waals surface area contributed by atoms with Gasteiger partial charge in [-0.25, -0.2) is 4.68 Å². The minimum atomic E-state index is -0.198. The molecule has 0 aliphatic carbocycles. The Hall–Kier alpha value is -2.21. The molecule has 0 unspecified atom stereocenters. The number of amides is 1. The zero-order valence-electron chi connectivity index (χ0n) is 11.4. The van der Waals surface area contributed by atoms with Gasteiger partial charge in [0, 0.05) is 12.8 Å². The molecule has 0 aliphatic heterocycles. The molecule has 1 aromatic heterocycles. The molecule has 1 amide bonds. The topological polar surface area (TPSA) is 80.0 Å². The quantitative estimate of drug-likeness (QED) is 0.817. The summed E-state index contributed by atoms with van der Waals surface area (Å²) in [4.78, 5) is 12.0. The first-order valence-electron chi connectivity index (χ1n) is 6.50. The Morgan fingerprint density at radius 3 is 2.75 bits per heavy atom. The number of hydrogen-bond acceptors (Lipinski definition) is 4. The van der Waals surface area contributed by atoms with Crippen LogP contribution in [0.3, 0.4) is 0 Å². The summed E-state index contributed by atoms with van der Waals surface area (Å²) in [7, 11) is 0. The van der Waals surface area contributed by atoms with Crippen molar-refractivity contribution in [2.24, 2.45) is 0 Å². The van der Waals surface area contributed by atoms with Crippen molar-refractivity contribution in [3.63, 3.8) is 0 Å². The van der Waals surface area contributed by atoms with Gasteiger partial charge >= 0.3 is 0 Å². The zero-order valence-corrected chi connectivity index (χ0v) is 11.4. The van der Waals surface area contributed by atoms with Crippen LogP contribution in [0.15, 0.2) is 36.7 Å². The predicted octanol–water partition coefficient (Wildman–Crippen LogP) is 0.826. The zero-order chi connectivity index (χ0) is 14.4. The molecule has 0 bridgehead atoms. The fourth-order valence-electron chi connectivity index (χ4n) is 1.95. The molecule has 2 aromatic rings.